The van der Waals surface area contributed by atoms with Crippen molar-refractivity contribution in [3.8, 4) is 11.8 Å². The van der Waals surface area contributed by atoms with Crippen molar-refractivity contribution in [2.24, 2.45) is 7.05 Å². The Bertz CT molecular complexity index is 1450. The molecule has 0 atom stereocenters. The summed E-state index contributed by atoms with van der Waals surface area (Å²) < 4.78 is 1.95. The van der Waals surface area contributed by atoms with E-state index in [0.29, 0.717) is 23.8 Å². The van der Waals surface area contributed by atoms with Gasteiger partial charge in [-0.15, -0.1) is 0 Å². The Morgan fingerprint density at radius 2 is 1.70 bits per heavy atom. The molecule has 164 valence electrons. The molecule has 1 aromatic heterocycles. The van der Waals surface area contributed by atoms with Gasteiger partial charge in [0.1, 0.15) is 0 Å². The first-order valence-electron chi connectivity index (χ1n) is 11.0. The predicted octanol–water partition coefficient (Wildman–Crippen LogP) is 4.98. The van der Waals surface area contributed by atoms with Gasteiger partial charge in [-0.1, -0.05) is 55.2 Å². The number of aromatic carboxylic acids is 1. The van der Waals surface area contributed by atoms with Gasteiger partial charge in [-0.3, -0.25) is 4.79 Å². The van der Waals surface area contributed by atoms with E-state index in [1.165, 1.54) is 11.1 Å². The lowest BCUT2D eigenvalue weighted by Gasteiger charge is -2.10. The molecule has 4 heteroatoms. The molecule has 0 saturated carbocycles. The van der Waals surface area contributed by atoms with E-state index in [4.69, 9.17) is 5.11 Å². The zero-order valence-electron chi connectivity index (χ0n) is 18.8. The van der Waals surface area contributed by atoms with E-state index in [2.05, 4.69) is 30.9 Å². The molecule has 0 amide bonds. The number of hydrogen-bond donors (Lipinski definition) is 1. The largest absolute Gasteiger partial charge is 0.478 e. The van der Waals surface area contributed by atoms with Gasteiger partial charge >= 0.3 is 5.97 Å². The molecule has 0 aliphatic carbocycles. The number of carboxylic acids is 1. The van der Waals surface area contributed by atoms with Crippen molar-refractivity contribution in [1.29, 1.82) is 0 Å². The fourth-order valence-electron chi connectivity index (χ4n) is 4.07. The molecule has 0 unspecified atom stereocenters. The van der Waals surface area contributed by atoms with E-state index in [-0.39, 0.29) is 11.0 Å². The quantitative estimate of drug-likeness (QED) is 0.450. The van der Waals surface area contributed by atoms with Gasteiger partial charge in [0.2, 0.25) is 0 Å². The first-order valence-corrected chi connectivity index (χ1v) is 11.0. The smallest absolute Gasteiger partial charge is 0.335 e. The summed E-state index contributed by atoms with van der Waals surface area (Å²) in [5.41, 5.74) is 5.97. The van der Waals surface area contributed by atoms with Gasteiger partial charge in [0.15, 0.2) is 5.43 Å². The molecule has 0 saturated heterocycles. The lowest BCUT2D eigenvalue weighted by atomic mass is 10.0. The number of aromatic nitrogens is 1. The molecule has 3 aromatic carbocycles. The molecule has 4 nitrogen and oxygen atoms in total. The SMILES string of the molecule is CCc1ccccc1CC#Cc1ccc2c(c1)c(=O)c(Cc1ccc(C(=O)O)cc1)cn2C. The van der Waals surface area contributed by atoms with Crippen LogP contribution in [0.25, 0.3) is 10.9 Å². The number of rotatable bonds is 5. The topological polar surface area (TPSA) is 59.3 Å². The Kier molecular flexibility index (Phi) is 6.42. The Hall–Kier alpha value is -4.10. The lowest BCUT2D eigenvalue weighted by molar-refractivity contribution is 0.0697. The minimum absolute atomic E-state index is 0.0228. The highest BCUT2D eigenvalue weighted by atomic mass is 16.4. The second kappa shape index (κ2) is 9.58. The maximum Gasteiger partial charge on any atom is 0.335 e. The predicted molar refractivity (Wildman–Crippen MR) is 132 cm³/mol. The van der Waals surface area contributed by atoms with Gasteiger partial charge in [0.25, 0.3) is 0 Å². The molecular weight excluding hydrogens is 410 g/mol. The Balaban J connectivity index is 1.64. The highest BCUT2D eigenvalue weighted by Gasteiger charge is 2.10. The molecule has 4 aromatic rings. The summed E-state index contributed by atoms with van der Waals surface area (Å²) in [6.07, 6.45) is 3.94. The van der Waals surface area contributed by atoms with Crippen molar-refractivity contribution in [1.82, 2.24) is 4.57 Å². The van der Waals surface area contributed by atoms with Crippen LogP contribution in [0.4, 0.5) is 0 Å². The van der Waals surface area contributed by atoms with E-state index in [1.54, 1.807) is 24.3 Å². The molecule has 0 aliphatic rings. The van der Waals surface area contributed by atoms with Gasteiger partial charge in [-0.05, 0) is 53.4 Å². The van der Waals surface area contributed by atoms with Gasteiger partial charge < -0.3 is 9.67 Å². The van der Waals surface area contributed by atoms with Gasteiger partial charge in [0, 0.05) is 42.6 Å². The third-order valence-electron chi connectivity index (χ3n) is 5.87. The third kappa shape index (κ3) is 4.88. The summed E-state index contributed by atoms with van der Waals surface area (Å²) in [7, 11) is 1.92. The van der Waals surface area contributed by atoms with Gasteiger partial charge in [0.05, 0.1) is 11.1 Å². The van der Waals surface area contributed by atoms with Crippen LogP contribution in [0.3, 0.4) is 0 Å². The molecule has 1 heterocycles. The van der Waals surface area contributed by atoms with Crippen LogP contribution in [0, 0.1) is 11.8 Å². The molecule has 0 aliphatic heterocycles. The highest BCUT2D eigenvalue weighted by Crippen LogP contribution is 2.16. The maximum absolute atomic E-state index is 13.2. The molecule has 0 fully saturated rings. The van der Waals surface area contributed by atoms with E-state index in [0.717, 1.165) is 23.1 Å². The Morgan fingerprint density at radius 3 is 2.39 bits per heavy atom. The Labute approximate surface area is 193 Å². The fourth-order valence-corrected chi connectivity index (χ4v) is 4.07. The van der Waals surface area contributed by atoms with Crippen molar-refractivity contribution in [2.75, 3.05) is 0 Å². The monoisotopic (exact) mass is 435 g/mol. The number of benzene rings is 3. The highest BCUT2D eigenvalue weighted by molar-refractivity contribution is 5.87. The van der Waals surface area contributed by atoms with Crippen molar-refractivity contribution in [3.05, 3.63) is 117 Å². The average molecular weight is 436 g/mol. The molecule has 1 N–H and O–H groups in total. The summed E-state index contributed by atoms with van der Waals surface area (Å²) >= 11 is 0. The molecule has 0 radical (unpaired) electrons. The minimum Gasteiger partial charge on any atom is -0.478 e. The summed E-state index contributed by atoms with van der Waals surface area (Å²) in [5, 5.41) is 9.72. The van der Waals surface area contributed by atoms with Crippen molar-refractivity contribution >= 4 is 16.9 Å². The number of fused-ring (bicyclic) bond motifs is 1. The number of nitrogens with zero attached hydrogens (tertiary/aromatic N) is 1. The van der Waals surface area contributed by atoms with E-state index < -0.39 is 5.97 Å². The lowest BCUT2D eigenvalue weighted by Crippen LogP contribution is -2.14. The van der Waals surface area contributed by atoms with Crippen LogP contribution in [-0.4, -0.2) is 15.6 Å². The van der Waals surface area contributed by atoms with Crippen LogP contribution in [0.1, 0.15) is 45.1 Å². The van der Waals surface area contributed by atoms with E-state index in [9.17, 15) is 9.59 Å². The van der Waals surface area contributed by atoms with E-state index >= 15 is 0 Å². The number of aryl methyl sites for hydroxylation is 2. The van der Waals surface area contributed by atoms with Gasteiger partial charge in [-0.2, -0.15) is 0 Å². The van der Waals surface area contributed by atoms with Crippen molar-refractivity contribution < 1.29 is 9.90 Å². The molecule has 4 rings (SSSR count). The minimum atomic E-state index is -0.963. The second-order valence-electron chi connectivity index (χ2n) is 8.11. The first-order chi connectivity index (χ1) is 16.0. The zero-order valence-corrected chi connectivity index (χ0v) is 18.8. The normalized spacial score (nSPS) is 10.6. The standard InChI is InChI=1S/C29H25NO3/c1-3-22-8-4-5-9-23(22)10-6-7-20-13-16-27-26(18-20)28(31)25(19-30(27)2)17-21-11-14-24(15-12-21)29(32)33/h4-5,8-9,11-16,18-19H,3,10,17H2,1-2H3,(H,32,33). The summed E-state index contributed by atoms with van der Waals surface area (Å²) in [5.74, 6) is 5.51. The molecular formula is C29H25NO3. The van der Waals surface area contributed by atoms with Gasteiger partial charge in [-0.25, -0.2) is 4.79 Å². The number of carbonyl (C=O) groups is 1. The fraction of sp³-hybridized carbons (Fsp3) is 0.172. The van der Waals surface area contributed by atoms with E-state index in [1.807, 2.05) is 48.1 Å². The maximum atomic E-state index is 13.2. The Morgan fingerprint density at radius 1 is 0.970 bits per heavy atom. The van der Waals surface area contributed by atoms with Crippen LogP contribution in [-0.2, 0) is 26.3 Å². The number of carboxylic acid groups (broad SMARTS) is 1. The first kappa shape index (κ1) is 22.1. The van der Waals surface area contributed by atoms with Crippen LogP contribution in [0.15, 0.2) is 77.7 Å². The summed E-state index contributed by atoms with van der Waals surface area (Å²) in [6.45, 7) is 2.14. The van der Waals surface area contributed by atoms with Crippen LogP contribution in [0.5, 0.6) is 0 Å². The van der Waals surface area contributed by atoms with Crippen LogP contribution in [0.2, 0.25) is 0 Å². The van der Waals surface area contributed by atoms with Crippen molar-refractivity contribution in [2.45, 2.75) is 26.2 Å². The van der Waals surface area contributed by atoms with Crippen LogP contribution < -0.4 is 5.43 Å². The average Bonchev–Trinajstić information content (AvgIpc) is 2.83. The molecule has 0 bridgehead atoms. The molecule has 33 heavy (non-hydrogen) atoms. The third-order valence-corrected chi connectivity index (χ3v) is 5.87. The number of hydrogen-bond acceptors (Lipinski definition) is 2. The van der Waals surface area contributed by atoms with Crippen LogP contribution >= 0.6 is 0 Å². The molecule has 0 spiro atoms. The summed E-state index contributed by atoms with van der Waals surface area (Å²) in [4.78, 5) is 24.3. The second-order valence-corrected chi connectivity index (χ2v) is 8.11. The van der Waals surface area contributed by atoms with Crippen molar-refractivity contribution in [3.63, 3.8) is 0 Å². The zero-order chi connectivity index (χ0) is 23.4. The summed E-state index contributed by atoms with van der Waals surface area (Å²) in [6, 6.07) is 20.7. The number of pyridine rings is 1.